The lowest BCUT2D eigenvalue weighted by Crippen LogP contribution is -2.20. The molecule has 2 aromatic rings. The largest absolute Gasteiger partial charge is 0.491 e. The third-order valence-electron chi connectivity index (χ3n) is 4.65. The lowest BCUT2D eigenvalue weighted by atomic mass is 9.78. The first-order chi connectivity index (χ1) is 13.9. The minimum absolute atomic E-state index is 0.0171. The number of hydrogen-bond donors (Lipinski definition) is 1. The number of alkyl halides is 1. The summed E-state index contributed by atoms with van der Waals surface area (Å²) in [4.78, 5) is 20.9. The van der Waals surface area contributed by atoms with Gasteiger partial charge < -0.3 is 14.6 Å². The van der Waals surface area contributed by atoms with Crippen LogP contribution in [0.3, 0.4) is 0 Å². The normalized spacial score (nSPS) is 13.4. The van der Waals surface area contributed by atoms with Gasteiger partial charge in [-0.15, -0.1) is 0 Å². The van der Waals surface area contributed by atoms with Gasteiger partial charge in [0.15, 0.2) is 0 Å². The lowest BCUT2D eigenvalue weighted by Gasteiger charge is -2.26. The highest BCUT2D eigenvalue weighted by Crippen LogP contribution is 2.33. The Bertz CT molecular complexity index is 781. The first-order valence-corrected chi connectivity index (χ1v) is 10.3. The van der Waals surface area contributed by atoms with Crippen molar-refractivity contribution in [3.05, 3.63) is 69.5 Å². The minimum Gasteiger partial charge on any atom is -0.491 e. The predicted molar refractivity (Wildman–Crippen MR) is 116 cm³/mol. The molecule has 0 amide bonds. The van der Waals surface area contributed by atoms with Crippen molar-refractivity contribution < 1.29 is 14.6 Å². The maximum atomic E-state index is 10.6. The zero-order valence-corrected chi connectivity index (χ0v) is 18.0. The standard InChI is InChI=1S/C21H25BrN2O5/c1-21(2,16-5-9-20(10-6-16)29-14-18(25)11-22)15-3-7-19(8-4-15)28-13-17(24-27)12-23-26/h3-10,17-18,25H,11-14H2,1-2H3. The molecule has 156 valence electrons. The van der Waals surface area contributed by atoms with E-state index in [1.165, 1.54) is 0 Å². The summed E-state index contributed by atoms with van der Waals surface area (Å²) in [7, 11) is 0. The van der Waals surface area contributed by atoms with E-state index >= 15 is 0 Å². The van der Waals surface area contributed by atoms with Crippen LogP contribution in [0.25, 0.3) is 0 Å². The van der Waals surface area contributed by atoms with Gasteiger partial charge in [0.25, 0.3) is 0 Å². The first kappa shape index (κ1) is 23.0. The fourth-order valence-electron chi connectivity index (χ4n) is 2.73. The summed E-state index contributed by atoms with van der Waals surface area (Å²) < 4.78 is 11.1. The first-order valence-electron chi connectivity index (χ1n) is 9.23. The van der Waals surface area contributed by atoms with Crippen LogP contribution in [0.2, 0.25) is 0 Å². The van der Waals surface area contributed by atoms with E-state index in [0.717, 1.165) is 11.1 Å². The molecule has 0 aliphatic carbocycles. The van der Waals surface area contributed by atoms with Crippen LogP contribution in [-0.4, -0.2) is 42.3 Å². The highest BCUT2D eigenvalue weighted by atomic mass is 79.9. The molecule has 1 N–H and O–H groups in total. The molecule has 2 aromatic carbocycles. The van der Waals surface area contributed by atoms with Gasteiger partial charge in [-0.3, -0.25) is 0 Å². The van der Waals surface area contributed by atoms with Gasteiger partial charge in [-0.25, -0.2) is 0 Å². The number of benzene rings is 2. The average molecular weight is 465 g/mol. The second kappa shape index (κ2) is 11.0. The molecule has 0 fully saturated rings. The maximum Gasteiger partial charge on any atom is 0.149 e. The number of nitrogens with zero attached hydrogens (tertiary/aromatic N) is 2. The molecule has 0 aliphatic heterocycles. The molecule has 0 aromatic heterocycles. The number of ether oxygens (including phenoxy) is 2. The minimum atomic E-state index is -0.778. The second-order valence-corrected chi connectivity index (χ2v) is 7.82. The monoisotopic (exact) mass is 464 g/mol. The molecule has 0 aliphatic rings. The molecule has 29 heavy (non-hydrogen) atoms. The van der Waals surface area contributed by atoms with Crippen LogP contribution in [0, 0.1) is 9.81 Å². The Labute approximate surface area is 178 Å². The molecule has 0 radical (unpaired) electrons. The average Bonchev–Trinajstić information content (AvgIpc) is 2.75. The van der Waals surface area contributed by atoms with Crippen LogP contribution >= 0.6 is 15.9 Å². The molecule has 0 heterocycles. The zero-order valence-electron chi connectivity index (χ0n) is 16.5. The van der Waals surface area contributed by atoms with Crippen LogP contribution in [0.4, 0.5) is 0 Å². The lowest BCUT2D eigenvalue weighted by molar-refractivity contribution is 0.127. The van der Waals surface area contributed by atoms with Crippen molar-refractivity contribution in [3.63, 3.8) is 0 Å². The van der Waals surface area contributed by atoms with Crippen molar-refractivity contribution in [1.82, 2.24) is 0 Å². The highest BCUT2D eigenvalue weighted by Gasteiger charge is 2.23. The molecule has 0 bridgehead atoms. The van der Waals surface area contributed by atoms with Gasteiger partial charge in [0.1, 0.15) is 37.3 Å². The van der Waals surface area contributed by atoms with E-state index < -0.39 is 12.1 Å². The maximum absolute atomic E-state index is 10.6. The van der Waals surface area contributed by atoms with Crippen LogP contribution < -0.4 is 9.47 Å². The summed E-state index contributed by atoms with van der Waals surface area (Å²) in [6, 6.07) is 14.6. The third kappa shape index (κ3) is 6.61. The Balaban J connectivity index is 2.02. The van der Waals surface area contributed by atoms with Crippen LogP contribution in [-0.2, 0) is 5.41 Å². The summed E-state index contributed by atoms with van der Waals surface area (Å²) in [5.74, 6) is 1.30. The van der Waals surface area contributed by atoms with Gasteiger partial charge in [0.05, 0.1) is 6.10 Å². The highest BCUT2D eigenvalue weighted by molar-refractivity contribution is 9.09. The summed E-state index contributed by atoms with van der Waals surface area (Å²) >= 11 is 3.21. The van der Waals surface area contributed by atoms with Crippen molar-refractivity contribution in [3.8, 4) is 11.5 Å². The molecule has 0 spiro atoms. The molecular weight excluding hydrogens is 440 g/mol. The fraction of sp³-hybridized carbons (Fsp3) is 0.429. The second-order valence-electron chi connectivity index (χ2n) is 7.17. The van der Waals surface area contributed by atoms with E-state index in [2.05, 4.69) is 40.1 Å². The van der Waals surface area contributed by atoms with Crippen LogP contribution in [0.5, 0.6) is 11.5 Å². The fourth-order valence-corrected chi connectivity index (χ4v) is 2.92. The summed E-state index contributed by atoms with van der Waals surface area (Å²) in [6.07, 6.45) is -0.542. The van der Waals surface area contributed by atoms with Gasteiger partial charge in [0, 0.05) is 10.7 Å². The topological polar surface area (TPSA) is 97.6 Å². The molecular formula is C21H25BrN2O5. The number of hydrogen-bond acceptors (Lipinski definition) is 7. The number of halogens is 1. The SMILES string of the molecule is CC(C)(c1ccc(OCC(O)CBr)cc1)c1ccc(OCC(CN=O)N=O)cc1. The van der Waals surface area contributed by atoms with Crippen molar-refractivity contribution in [1.29, 1.82) is 0 Å². The van der Waals surface area contributed by atoms with Crippen molar-refractivity contribution in [2.75, 3.05) is 25.1 Å². The summed E-state index contributed by atoms with van der Waals surface area (Å²) in [5.41, 5.74) is 1.95. The Hall–Kier alpha value is -2.32. The Morgan fingerprint density at radius 1 is 0.931 bits per heavy atom. The predicted octanol–water partition coefficient (Wildman–Crippen LogP) is 4.43. The Morgan fingerprint density at radius 3 is 1.83 bits per heavy atom. The van der Waals surface area contributed by atoms with E-state index in [-0.39, 0.29) is 25.2 Å². The molecule has 0 saturated heterocycles. The Morgan fingerprint density at radius 2 is 1.41 bits per heavy atom. The third-order valence-corrected chi connectivity index (χ3v) is 5.40. The van der Waals surface area contributed by atoms with E-state index in [9.17, 15) is 14.9 Å². The van der Waals surface area contributed by atoms with E-state index in [0.29, 0.717) is 16.8 Å². The number of aliphatic hydroxyl groups is 1. The van der Waals surface area contributed by atoms with Crippen LogP contribution in [0.1, 0.15) is 25.0 Å². The molecule has 2 rings (SSSR count). The van der Waals surface area contributed by atoms with Gasteiger partial charge >= 0.3 is 0 Å². The smallest absolute Gasteiger partial charge is 0.149 e. The summed E-state index contributed by atoms with van der Waals surface area (Å²) in [6.45, 7) is 4.30. The quantitative estimate of drug-likeness (QED) is 0.370. The van der Waals surface area contributed by atoms with Crippen molar-refractivity contribution in [2.24, 2.45) is 10.4 Å². The van der Waals surface area contributed by atoms with Gasteiger partial charge in [-0.2, -0.15) is 9.81 Å². The van der Waals surface area contributed by atoms with Gasteiger partial charge in [-0.1, -0.05) is 64.4 Å². The number of nitroso groups, excluding NO2 is 2. The molecule has 2 unspecified atom stereocenters. The van der Waals surface area contributed by atoms with E-state index in [1.54, 1.807) is 0 Å². The Kier molecular flexibility index (Phi) is 8.72. The number of aliphatic hydroxyl groups excluding tert-OH is 1. The molecule has 2 atom stereocenters. The molecule has 8 heteroatoms. The summed E-state index contributed by atoms with van der Waals surface area (Å²) in [5, 5.41) is 15.5. The zero-order chi connectivity index (χ0) is 21.3. The van der Waals surface area contributed by atoms with Gasteiger partial charge in [-0.05, 0) is 35.4 Å². The van der Waals surface area contributed by atoms with Crippen LogP contribution in [0.15, 0.2) is 58.9 Å². The van der Waals surface area contributed by atoms with E-state index in [4.69, 9.17) is 9.47 Å². The van der Waals surface area contributed by atoms with Crippen molar-refractivity contribution in [2.45, 2.75) is 31.4 Å². The van der Waals surface area contributed by atoms with E-state index in [1.807, 2.05) is 48.5 Å². The van der Waals surface area contributed by atoms with Gasteiger partial charge in [0.2, 0.25) is 0 Å². The number of rotatable bonds is 12. The molecule has 7 nitrogen and oxygen atoms in total. The van der Waals surface area contributed by atoms with Crippen molar-refractivity contribution >= 4 is 15.9 Å². The molecule has 0 saturated carbocycles.